The van der Waals surface area contributed by atoms with Crippen LogP contribution < -0.4 is 5.32 Å². The normalized spacial score (nSPS) is 10.7. The first kappa shape index (κ1) is 16.6. The Morgan fingerprint density at radius 2 is 2.14 bits per heavy atom. The fraction of sp³-hybridized carbons (Fsp3) is 0.375. The molecule has 0 fully saturated rings. The third kappa shape index (κ3) is 4.61. The first-order valence-electron chi connectivity index (χ1n) is 7.03. The highest BCUT2D eigenvalue weighted by Gasteiger charge is 2.11. The predicted molar refractivity (Wildman–Crippen MR) is 86.2 cm³/mol. The molecule has 0 radical (unpaired) electrons. The van der Waals surface area contributed by atoms with Gasteiger partial charge in [-0.3, -0.25) is 4.79 Å². The highest BCUT2D eigenvalue weighted by atomic mass is 32.2. The van der Waals surface area contributed by atoms with Gasteiger partial charge in [-0.1, -0.05) is 11.2 Å². The maximum atomic E-state index is 11.9. The Labute approximate surface area is 134 Å². The van der Waals surface area contributed by atoms with E-state index in [9.17, 15) is 4.79 Å². The minimum Gasteiger partial charge on any atom is -0.377 e. The molecule has 22 heavy (non-hydrogen) atoms. The van der Waals surface area contributed by atoms with Crippen LogP contribution in [-0.2, 0) is 11.3 Å². The van der Waals surface area contributed by atoms with Crippen LogP contribution in [0.3, 0.4) is 0 Å². The molecule has 0 saturated heterocycles. The lowest BCUT2D eigenvalue weighted by atomic mass is 10.1. The summed E-state index contributed by atoms with van der Waals surface area (Å²) in [5, 5.41) is 6.55. The van der Waals surface area contributed by atoms with Crippen LogP contribution in [0.1, 0.15) is 27.4 Å². The van der Waals surface area contributed by atoms with Gasteiger partial charge in [-0.2, -0.15) is 0 Å². The summed E-state index contributed by atoms with van der Waals surface area (Å²) in [6, 6.07) is 7.97. The summed E-state index contributed by atoms with van der Waals surface area (Å²) in [7, 11) is 1.56. The highest BCUT2D eigenvalue weighted by molar-refractivity contribution is 7.99. The van der Waals surface area contributed by atoms with E-state index in [0.717, 1.165) is 5.75 Å². The summed E-state index contributed by atoms with van der Waals surface area (Å²) in [6.07, 6.45) is 0. The van der Waals surface area contributed by atoms with Crippen molar-refractivity contribution in [3.63, 3.8) is 0 Å². The largest absolute Gasteiger partial charge is 0.377 e. The van der Waals surface area contributed by atoms with Crippen LogP contribution in [0.2, 0.25) is 0 Å². The third-order valence-corrected chi connectivity index (χ3v) is 4.21. The smallest absolute Gasteiger partial charge is 0.273 e. The van der Waals surface area contributed by atoms with E-state index in [1.54, 1.807) is 24.9 Å². The molecule has 0 aliphatic rings. The number of hydrogen-bond donors (Lipinski definition) is 1. The number of carbonyl (C=O) groups is 1. The highest BCUT2D eigenvalue weighted by Crippen LogP contribution is 2.20. The number of rotatable bonds is 7. The van der Waals surface area contributed by atoms with E-state index in [0.29, 0.717) is 18.9 Å². The topological polar surface area (TPSA) is 64.4 Å². The fourth-order valence-electron chi connectivity index (χ4n) is 1.86. The van der Waals surface area contributed by atoms with Crippen LogP contribution in [0.25, 0.3) is 0 Å². The lowest BCUT2D eigenvalue weighted by Crippen LogP contribution is -2.25. The standard InChI is InChI=1S/C16H20N2O3S/c1-11-4-5-14(8-12(11)2)22-7-6-17-16(19)15-9-13(10-20-3)21-18-15/h4-5,8-9H,6-7,10H2,1-3H3,(H,17,19). The van der Waals surface area contributed by atoms with Gasteiger partial charge in [0.2, 0.25) is 0 Å². The molecule has 1 aromatic carbocycles. The number of amides is 1. The summed E-state index contributed by atoms with van der Waals surface area (Å²) >= 11 is 1.72. The van der Waals surface area contributed by atoms with E-state index >= 15 is 0 Å². The zero-order chi connectivity index (χ0) is 15.9. The average molecular weight is 320 g/mol. The van der Waals surface area contributed by atoms with E-state index in [4.69, 9.17) is 9.26 Å². The predicted octanol–water partition coefficient (Wildman–Crippen LogP) is 2.96. The van der Waals surface area contributed by atoms with E-state index in [-0.39, 0.29) is 11.6 Å². The first-order valence-corrected chi connectivity index (χ1v) is 8.01. The molecule has 1 N–H and O–H groups in total. The summed E-state index contributed by atoms with van der Waals surface area (Å²) in [6.45, 7) is 5.08. The van der Waals surface area contributed by atoms with Gasteiger partial charge >= 0.3 is 0 Å². The maximum Gasteiger partial charge on any atom is 0.273 e. The van der Waals surface area contributed by atoms with E-state index in [2.05, 4.69) is 42.5 Å². The number of methoxy groups -OCH3 is 1. The lowest BCUT2D eigenvalue weighted by Gasteiger charge is -2.05. The number of nitrogens with zero attached hydrogens (tertiary/aromatic N) is 1. The van der Waals surface area contributed by atoms with Gasteiger partial charge < -0.3 is 14.6 Å². The number of hydrogen-bond acceptors (Lipinski definition) is 5. The van der Waals surface area contributed by atoms with Crippen molar-refractivity contribution >= 4 is 17.7 Å². The number of nitrogens with one attached hydrogen (secondary N) is 1. The maximum absolute atomic E-state index is 11.9. The number of benzene rings is 1. The van der Waals surface area contributed by atoms with E-state index in [1.165, 1.54) is 16.0 Å². The molecule has 1 amide bonds. The molecular formula is C16H20N2O3S. The SMILES string of the molecule is COCc1cc(C(=O)NCCSc2ccc(C)c(C)c2)no1. The summed E-state index contributed by atoms with van der Waals surface area (Å²) in [5.74, 6) is 1.11. The van der Waals surface area contributed by atoms with Gasteiger partial charge in [0, 0.05) is 30.4 Å². The minimum absolute atomic E-state index is 0.230. The van der Waals surface area contributed by atoms with Gasteiger partial charge in [-0.05, 0) is 37.1 Å². The lowest BCUT2D eigenvalue weighted by molar-refractivity contribution is 0.0946. The van der Waals surface area contributed by atoms with Gasteiger partial charge in [0.15, 0.2) is 11.5 Å². The second-order valence-corrected chi connectivity index (χ2v) is 6.13. The number of aryl methyl sites for hydroxylation is 2. The van der Waals surface area contributed by atoms with Gasteiger partial charge in [0.1, 0.15) is 6.61 Å². The summed E-state index contributed by atoms with van der Waals surface area (Å²) in [5.41, 5.74) is 2.85. The number of thioether (sulfide) groups is 1. The van der Waals surface area contributed by atoms with Crippen molar-refractivity contribution in [2.45, 2.75) is 25.3 Å². The van der Waals surface area contributed by atoms with Crippen molar-refractivity contribution in [1.82, 2.24) is 10.5 Å². The Hall–Kier alpha value is -1.79. The molecule has 0 aliphatic carbocycles. The van der Waals surface area contributed by atoms with Gasteiger partial charge in [-0.25, -0.2) is 0 Å². The van der Waals surface area contributed by atoms with Crippen molar-refractivity contribution in [2.75, 3.05) is 19.4 Å². The van der Waals surface area contributed by atoms with Crippen molar-refractivity contribution in [3.05, 3.63) is 46.8 Å². The van der Waals surface area contributed by atoms with Gasteiger partial charge in [0.05, 0.1) is 0 Å². The molecule has 0 unspecified atom stereocenters. The summed E-state index contributed by atoms with van der Waals surface area (Å²) < 4.78 is 9.90. The Morgan fingerprint density at radius 1 is 1.32 bits per heavy atom. The molecular weight excluding hydrogens is 300 g/mol. The molecule has 1 aromatic heterocycles. The monoisotopic (exact) mass is 320 g/mol. The van der Waals surface area contributed by atoms with Crippen LogP contribution in [0.4, 0.5) is 0 Å². The molecule has 5 nitrogen and oxygen atoms in total. The quantitative estimate of drug-likeness (QED) is 0.627. The Balaban J connectivity index is 1.75. The number of ether oxygens (including phenoxy) is 1. The summed E-state index contributed by atoms with van der Waals surface area (Å²) in [4.78, 5) is 13.1. The second-order valence-electron chi connectivity index (χ2n) is 4.96. The average Bonchev–Trinajstić information content (AvgIpc) is 2.96. The third-order valence-electron chi connectivity index (χ3n) is 3.21. The van der Waals surface area contributed by atoms with Crippen LogP contribution >= 0.6 is 11.8 Å². The van der Waals surface area contributed by atoms with Crippen molar-refractivity contribution in [3.8, 4) is 0 Å². The van der Waals surface area contributed by atoms with Crippen LogP contribution in [0, 0.1) is 13.8 Å². The van der Waals surface area contributed by atoms with Crippen LogP contribution in [0.5, 0.6) is 0 Å². The second kappa shape index (κ2) is 8.00. The molecule has 118 valence electrons. The van der Waals surface area contributed by atoms with Crippen molar-refractivity contribution in [2.24, 2.45) is 0 Å². The molecule has 2 aromatic rings. The molecule has 0 atom stereocenters. The number of carbonyl (C=O) groups excluding carboxylic acids is 1. The first-order chi connectivity index (χ1) is 10.6. The molecule has 6 heteroatoms. The molecule has 1 heterocycles. The Kier molecular flexibility index (Phi) is 6.03. The van der Waals surface area contributed by atoms with Gasteiger partial charge in [0.25, 0.3) is 5.91 Å². The van der Waals surface area contributed by atoms with Crippen LogP contribution in [0.15, 0.2) is 33.7 Å². The van der Waals surface area contributed by atoms with Crippen molar-refractivity contribution in [1.29, 1.82) is 0 Å². The van der Waals surface area contributed by atoms with E-state index < -0.39 is 0 Å². The molecule has 2 rings (SSSR count). The fourth-order valence-corrected chi connectivity index (χ4v) is 2.72. The van der Waals surface area contributed by atoms with E-state index in [1.807, 2.05) is 0 Å². The molecule has 0 spiro atoms. The minimum atomic E-state index is -0.230. The number of aromatic nitrogens is 1. The molecule has 0 saturated carbocycles. The van der Waals surface area contributed by atoms with Gasteiger partial charge in [-0.15, -0.1) is 11.8 Å². The Morgan fingerprint density at radius 3 is 2.86 bits per heavy atom. The molecule has 0 bridgehead atoms. The molecule has 0 aliphatic heterocycles. The van der Waals surface area contributed by atoms with Crippen molar-refractivity contribution < 1.29 is 14.1 Å². The zero-order valence-electron chi connectivity index (χ0n) is 13.0. The zero-order valence-corrected chi connectivity index (χ0v) is 13.8. The van der Waals surface area contributed by atoms with Crippen LogP contribution in [-0.4, -0.2) is 30.5 Å². The Bertz CT molecular complexity index is 640.